The molecule has 0 radical (unpaired) electrons. The zero-order valence-corrected chi connectivity index (χ0v) is 54.7. The third kappa shape index (κ3) is 16.1. The summed E-state index contributed by atoms with van der Waals surface area (Å²) in [6.45, 7) is 11.6. The van der Waals surface area contributed by atoms with Gasteiger partial charge in [-0.25, -0.2) is 14.4 Å². The van der Waals surface area contributed by atoms with Crippen LogP contribution in [0.5, 0.6) is 0 Å². The first-order valence-corrected chi connectivity index (χ1v) is 32.4. The van der Waals surface area contributed by atoms with Gasteiger partial charge in [0.1, 0.15) is 0 Å². The molecule has 4 aromatic heterocycles. The van der Waals surface area contributed by atoms with Crippen LogP contribution in [-0.4, -0.2) is 93.9 Å². The minimum atomic E-state index is -0.134. The molecule has 8 heterocycles. The highest BCUT2D eigenvalue weighted by Crippen LogP contribution is 2.37. The quantitative estimate of drug-likeness (QED) is 0.0559. The Kier molecular flexibility index (Phi) is 21.7. The van der Waals surface area contributed by atoms with Crippen LogP contribution in [0.3, 0.4) is 0 Å². The molecule has 0 bridgehead atoms. The first-order valence-electron chi connectivity index (χ1n) is 31.2. The molecule has 4 unspecified atom stereocenters. The molecule has 7 aromatic carbocycles. The lowest BCUT2D eigenvalue weighted by Gasteiger charge is -2.33. The van der Waals surface area contributed by atoms with Crippen LogP contribution in [0.1, 0.15) is 84.8 Å². The van der Waals surface area contributed by atoms with E-state index >= 15 is 0 Å². The monoisotopic (exact) mass is 1310 g/mol. The van der Waals surface area contributed by atoms with E-state index in [2.05, 4.69) is 129 Å². The fraction of sp³-hybridized carbons (Fsp3) is 0.219. The zero-order chi connectivity index (χ0) is 65.5. The van der Waals surface area contributed by atoms with Crippen molar-refractivity contribution < 1.29 is 14.4 Å². The Morgan fingerprint density at radius 1 is 0.500 bits per heavy atom. The van der Waals surface area contributed by atoms with Gasteiger partial charge in [0.05, 0.1) is 41.0 Å². The number of urea groups is 2. The Labute approximate surface area is 561 Å². The molecule has 0 saturated carbocycles. The molecule has 15 rings (SSSR count). The number of hydrogen-bond donors (Lipinski definition) is 8. The van der Waals surface area contributed by atoms with Gasteiger partial charge in [0, 0.05) is 157 Å². The molecule has 0 fully saturated rings. The Morgan fingerprint density at radius 3 is 1.49 bits per heavy atom. The summed E-state index contributed by atoms with van der Waals surface area (Å²) in [7, 11) is 0. The molecule has 0 saturated heterocycles. The van der Waals surface area contributed by atoms with Crippen molar-refractivity contribution in [2.24, 2.45) is 4.99 Å². The third-order valence-corrected chi connectivity index (χ3v) is 17.5. The molecule has 21 heteroatoms. The molecule has 8 N–H and O–H groups in total. The van der Waals surface area contributed by atoms with E-state index < -0.39 is 0 Å². The van der Waals surface area contributed by atoms with Crippen molar-refractivity contribution in [3.63, 3.8) is 0 Å². The number of fused-ring (bicyclic) bond motifs is 4. The Morgan fingerprint density at radius 2 is 0.957 bits per heavy atom. The van der Waals surface area contributed by atoms with Crippen LogP contribution in [0.2, 0.25) is 15.1 Å². The maximum atomic E-state index is 12.8. The van der Waals surface area contributed by atoms with Crippen LogP contribution in [0, 0.1) is 0 Å². The summed E-state index contributed by atoms with van der Waals surface area (Å²) in [5.74, 6) is 0. The second-order valence-corrected chi connectivity index (χ2v) is 24.5. The standard InChI is InChI=1S/2C20H19ClN4O.2C13H15N3.C7H4ClNO/c1-13-10-18-17(19(24-23-18)14-6-3-2-4-7-14)12-25(13)20(26)22-16-9-5-8-15(21)11-16;1-13-18-17(23-24-19(18)14-6-3-2-4-7-14)10-11-25(13)20(26)22-16-9-5-8-15(21)12-16;1-9-7-12-11(8-14-9)13(16-15-12)10-5-3-2-4-6-10;1-9-12-11(7-8-14-9)15-16-13(12)10-5-3-2-4-6-10;8-6-2-1-3-7(4-6)9-5-10/h2-9,11,13H,10,12H2,1H3,(H,22,26)(H,23,24);2-9,12-13H,10-11H2,1H3,(H,22,26)(H,23,24);2*2-6,9,14H,7-8H2,1H3,(H,15,16);1-4H. The molecule has 478 valence electrons. The maximum absolute atomic E-state index is 12.8. The largest absolute Gasteiger partial charge is 0.322 e. The summed E-state index contributed by atoms with van der Waals surface area (Å²) >= 11 is 17.6. The highest BCUT2D eigenvalue weighted by molar-refractivity contribution is 6.31. The number of aromatic nitrogens is 8. The van der Waals surface area contributed by atoms with Gasteiger partial charge < -0.3 is 31.1 Å². The Hall–Kier alpha value is -9.91. The number of aliphatic imine (C=N–C) groups is 1. The molecular formula is C73H72Cl3N15O3. The number of carbonyl (C=O) groups is 2. The van der Waals surface area contributed by atoms with Crippen LogP contribution in [-0.2, 0) is 43.6 Å². The lowest BCUT2D eigenvalue weighted by atomic mass is 9.95. The molecule has 0 spiro atoms. The van der Waals surface area contributed by atoms with E-state index in [1.807, 2.05) is 121 Å². The van der Waals surface area contributed by atoms with Gasteiger partial charge in [-0.05, 0) is 82.3 Å². The number of benzene rings is 7. The molecule has 0 aliphatic carbocycles. The van der Waals surface area contributed by atoms with E-state index in [1.54, 1.807) is 48.5 Å². The number of H-pyrrole nitrogens is 4. The molecule has 18 nitrogen and oxygen atoms in total. The fourth-order valence-corrected chi connectivity index (χ4v) is 12.6. The van der Waals surface area contributed by atoms with Gasteiger partial charge in [-0.15, -0.1) is 0 Å². The molecule has 4 amide bonds. The van der Waals surface area contributed by atoms with E-state index in [4.69, 9.17) is 34.8 Å². The Bertz CT molecular complexity index is 4320. The molecule has 4 aliphatic rings. The number of carbonyl (C=O) groups excluding carboxylic acids is 3. The highest BCUT2D eigenvalue weighted by atomic mass is 35.5. The smallest absolute Gasteiger partial charge is 0.317 e. The fourth-order valence-electron chi connectivity index (χ4n) is 12.0. The summed E-state index contributed by atoms with van der Waals surface area (Å²) < 4.78 is 0. The van der Waals surface area contributed by atoms with Gasteiger partial charge in [-0.1, -0.05) is 174 Å². The van der Waals surface area contributed by atoms with Crippen LogP contribution in [0.4, 0.5) is 26.7 Å². The van der Waals surface area contributed by atoms with E-state index in [1.165, 1.54) is 39.7 Å². The third-order valence-electron chi connectivity index (χ3n) is 16.8. The number of isocyanates is 1. The summed E-state index contributed by atoms with van der Waals surface area (Å²) in [5, 5.41) is 45.1. The van der Waals surface area contributed by atoms with Gasteiger partial charge in [-0.3, -0.25) is 20.4 Å². The normalized spacial score (nSPS) is 16.5. The van der Waals surface area contributed by atoms with Gasteiger partial charge in [0.15, 0.2) is 0 Å². The minimum absolute atomic E-state index is 0.0748. The van der Waals surface area contributed by atoms with Crippen molar-refractivity contribution in [2.45, 2.75) is 90.6 Å². The average molecular weight is 1310 g/mol. The lowest BCUT2D eigenvalue weighted by Crippen LogP contribution is -2.44. The summed E-state index contributed by atoms with van der Waals surface area (Å²) in [5.41, 5.74) is 20.0. The second-order valence-electron chi connectivity index (χ2n) is 23.2. The predicted octanol–water partition coefficient (Wildman–Crippen LogP) is 16.3. The number of anilines is 2. The highest BCUT2D eigenvalue weighted by Gasteiger charge is 2.34. The van der Waals surface area contributed by atoms with Crippen molar-refractivity contribution in [3.8, 4) is 45.0 Å². The number of amides is 4. The number of hydrogen-bond acceptors (Lipinski definition) is 10. The van der Waals surface area contributed by atoms with Crippen molar-refractivity contribution in [2.75, 3.05) is 23.7 Å². The van der Waals surface area contributed by atoms with Gasteiger partial charge >= 0.3 is 12.1 Å². The number of nitrogens with one attached hydrogen (secondary N) is 8. The van der Waals surface area contributed by atoms with Crippen molar-refractivity contribution in [1.29, 1.82) is 0 Å². The molecule has 4 aliphatic heterocycles. The van der Waals surface area contributed by atoms with E-state index in [0.717, 1.165) is 95.2 Å². The zero-order valence-electron chi connectivity index (χ0n) is 52.4. The van der Waals surface area contributed by atoms with Crippen LogP contribution < -0.4 is 21.3 Å². The predicted molar refractivity (Wildman–Crippen MR) is 374 cm³/mol. The molecule has 4 atom stereocenters. The number of aromatic amines is 4. The summed E-state index contributed by atoms with van der Waals surface area (Å²) in [6.07, 6.45) is 5.01. The van der Waals surface area contributed by atoms with Gasteiger partial charge in [0.2, 0.25) is 6.08 Å². The van der Waals surface area contributed by atoms with Gasteiger partial charge in [0.25, 0.3) is 0 Å². The van der Waals surface area contributed by atoms with Crippen LogP contribution in [0.15, 0.2) is 199 Å². The Balaban J connectivity index is 0.000000124. The topological polar surface area (TPSA) is 233 Å². The van der Waals surface area contributed by atoms with Crippen LogP contribution >= 0.6 is 34.8 Å². The second kappa shape index (κ2) is 31.1. The maximum Gasteiger partial charge on any atom is 0.322 e. The molecular weight excluding hydrogens is 1240 g/mol. The van der Waals surface area contributed by atoms with E-state index in [0.29, 0.717) is 57.3 Å². The first-order chi connectivity index (χ1) is 45.8. The average Bonchev–Trinajstić information content (AvgIpc) is 1.87. The van der Waals surface area contributed by atoms with E-state index in [9.17, 15) is 14.4 Å². The lowest BCUT2D eigenvalue weighted by molar-refractivity contribution is 0.182. The SMILES string of the molecule is CC1Cc2[nH]nc(-c3ccccc3)c2CN1.CC1Cc2[nH]nc(-c3ccccc3)c2CN1C(=O)Nc1cccc(Cl)c1.CC1NCCc2[nH]nc(-c3ccccc3)c21.CC1c2c(-c3ccccc3)n[nH]c2CCN1C(=O)Nc1cccc(Cl)c1.O=C=Nc1cccc(Cl)c1. The molecule has 11 aromatic rings. The van der Waals surface area contributed by atoms with Crippen LogP contribution in [0.25, 0.3) is 45.0 Å². The molecule has 94 heavy (non-hydrogen) atoms. The number of nitrogens with zero attached hydrogens (tertiary/aromatic N) is 7. The van der Waals surface area contributed by atoms with Crippen molar-refractivity contribution in [3.05, 3.63) is 254 Å². The van der Waals surface area contributed by atoms with E-state index in [-0.39, 0.29) is 24.1 Å². The van der Waals surface area contributed by atoms with Crippen molar-refractivity contribution in [1.82, 2.24) is 61.2 Å². The van der Waals surface area contributed by atoms with Crippen molar-refractivity contribution >= 4 is 70.0 Å². The number of rotatable bonds is 7. The first kappa shape index (κ1) is 65.6. The summed E-state index contributed by atoms with van der Waals surface area (Å²) in [6, 6.07) is 62.5. The summed E-state index contributed by atoms with van der Waals surface area (Å²) in [4.78, 5) is 42.4. The van der Waals surface area contributed by atoms with Gasteiger partial charge in [-0.2, -0.15) is 25.4 Å². The minimum Gasteiger partial charge on any atom is -0.317 e. The number of halogens is 3.